The van der Waals surface area contributed by atoms with Gasteiger partial charge in [0.15, 0.2) is 11.5 Å². The molecule has 26 heavy (non-hydrogen) atoms. The molecule has 0 atom stereocenters. The van der Waals surface area contributed by atoms with Gasteiger partial charge in [0.05, 0.1) is 11.6 Å². The quantitative estimate of drug-likeness (QED) is 0.524. The maximum Gasteiger partial charge on any atom is 0.162 e. The van der Waals surface area contributed by atoms with Crippen LogP contribution in [0.2, 0.25) is 0 Å². The zero-order valence-electron chi connectivity index (χ0n) is 15.4. The molecule has 136 valence electrons. The molecule has 0 saturated carbocycles. The molecule has 2 aromatic carbocycles. The van der Waals surface area contributed by atoms with E-state index in [-0.39, 0.29) is 6.61 Å². The van der Waals surface area contributed by atoms with E-state index in [9.17, 15) is 0 Å². The minimum absolute atomic E-state index is 0.229. The summed E-state index contributed by atoms with van der Waals surface area (Å²) in [5, 5.41) is 3.32. The standard InChI is InChI=1S/C22H25NO2S/c1-4-14-25-20-12-10-18(15-21(20)24-5-2)11-13-22(26)23-16-19-8-6-17(3)7-9-19/h1,6-10,12,15H,5,11,13-14,16H2,2-3H3,(H,23,26). The van der Waals surface area contributed by atoms with Crippen LogP contribution >= 0.6 is 12.2 Å². The van der Waals surface area contributed by atoms with Crippen LogP contribution in [0.3, 0.4) is 0 Å². The maximum atomic E-state index is 5.65. The molecule has 0 spiro atoms. The number of nitrogens with one attached hydrogen (secondary N) is 1. The van der Waals surface area contributed by atoms with Gasteiger partial charge in [-0.1, -0.05) is 54.0 Å². The summed E-state index contributed by atoms with van der Waals surface area (Å²) in [6, 6.07) is 14.4. The highest BCUT2D eigenvalue weighted by atomic mass is 32.1. The molecule has 0 radical (unpaired) electrons. The van der Waals surface area contributed by atoms with E-state index in [0.717, 1.165) is 35.7 Å². The Labute approximate surface area is 161 Å². The van der Waals surface area contributed by atoms with E-state index in [1.54, 1.807) is 0 Å². The number of ether oxygens (including phenoxy) is 2. The molecule has 0 unspecified atom stereocenters. The topological polar surface area (TPSA) is 30.5 Å². The van der Waals surface area contributed by atoms with Gasteiger partial charge >= 0.3 is 0 Å². The van der Waals surface area contributed by atoms with Crippen molar-refractivity contribution in [2.75, 3.05) is 13.2 Å². The highest BCUT2D eigenvalue weighted by molar-refractivity contribution is 7.80. The maximum absolute atomic E-state index is 5.65. The molecule has 0 aliphatic heterocycles. The van der Waals surface area contributed by atoms with Crippen LogP contribution in [-0.2, 0) is 13.0 Å². The third kappa shape index (κ3) is 6.42. The Hall–Kier alpha value is -2.51. The third-order valence-electron chi connectivity index (χ3n) is 3.87. The van der Waals surface area contributed by atoms with Crippen LogP contribution in [-0.4, -0.2) is 18.2 Å². The first-order valence-corrected chi connectivity index (χ1v) is 9.17. The van der Waals surface area contributed by atoms with Crippen LogP contribution in [0, 0.1) is 19.3 Å². The molecule has 3 nitrogen and oxygen atoms in total. The zero-order valence-corrected chi connectivity index (χ0v) is 16.2. The van der Waals surface area contributed by atoms with E-state index in [2.05, 4.69) is 42.4 Å². The van der Waals surface area contributed by atoms with E-state index < -0.39 is 0 Å². The van der Waals surface area contributed by atoms with Gasteiger partial charge in [-0.25, -0.2) is 0 Å². The van der Waals surface area contributed by atoms with Gasteiger partial charge < -0.3 is 14.8 Å². The number of hydrogen-bond acceptors (Lipinski definition) is 3. The molecule has 0 bridgehead atoms. The SMILES string of the molecule is C#CCOc1ccc(CCC(=S)NCc2ccc(C)cc2)cc1OCC. The van der Waals surface area contributed by atoms with Crippen LogP contribution in [0.25, 0.3) is 0 Å². The predicted octanol–water partition coefficient (Wildman–Crippen LogP) is 4.46. The summed E-state index contributed by atoms with van der Waals surface area (Å²) < 4.78 is 11.2. The van der Waals surface area contributed by atoms with Crippen LogP contribution in [0.5, 0.6) is 11.5 Å². The monoisotopic (exact) mass is 367 g/mol. The van der Waals surface area contributed by atoms with E-state index in [1.807, 2.05) is 25.1 Å². The first-order chi connectivity index (χ1) is 12.6. The molecular formula is C22H25NO2S. The third-order valence-corrected chi connectivity index (χ3v) is 4.22. The summed E-state index contributed by atoms with van der Waals surface area (Å²) in [4.78, 5) is 0.858. The van der Waals surface area contributed by atoms with Gasteiger partial charge in [-0.2, -0.15) is 0 Å². The fourth-order valence-electron chi connectivity index (χ4n) is 2.47. The molecule has 1 N–H and O–H groups in total. The number of benzene rings is 2. The van der Waals surface area contributed by atoms with Crippen molar-refractivity contribution in [2.45, 2.75) is 33.2 Å². The van der Waals surface area contributed by atoms with Crippen LogP contribution in [0.4, 0.5) is 0 Å². The fourth-order valence-corrected chi connectivity index (χ4v) is 2.64. The van der Waals surface area contributed by atoms with Gasteiger partial charge in [-0.05, 0) is 43.5 Å². The average molecular weight is 368 g/mol. The van der Waals surface area contributed by atoms with E-state index in [0.29, 0.717) is 12.4 Å². The van der Waals surface area contributed by atoms with Crippen molar-refractivity contribution in [3.63, 3.8) is 0 Å². The Kier molecular flexibility index (Phi) is 7.98. The van der Waals surface area contributed by atoms with Gasteiger partial charge in [0, 0.05) is 13.0 Å². The Bertz CT molecular complexity index is 763. The van der Waals surface area contributed by atoms with Gasteiger partial charge in [0.1, 0.15) is 6.61 Å². The fraction of sp³-hybridized carbons (Fsp3) is 0.318. The molecule has 2 aromatic rings. The number of hydrogen-bond donors (Lipinski definition) is 1. The van der Waals surface area contributed by atoms with Crippen molar-refractivity contribution in [1.29, 1.82) is 0 Å². The van der Waals surface area contributed by atoms with Crippen LogP contribution < -0.4 is 14.8 Å². The molecular weight excluding hydrogens is 342 g/mol. The number of rotatable bonds is 9. The lowest BCUT2D eigenvalue weighted by Gasteiger charge is -2.13. The molecule has 2 rings (SSSR count). The van der Waals surface area contributed by atoms with Crippen molar-refractivity contribution in [3.8, 4) is 23.8 Å². The first-order valence-electron chi connectivity index (χ1n) is 8.76. The highest BCUT2D eigenvalue weighted by Crippen LogP contribution is 2.29. The highest BCUT2D eigenvalue weighted by Gasteiger charge is 2.07. The summed E-state index contributed by atoms with van der Waals surface area (Å²) in [5.74, 6) is 3.86. The largest absolute Gasteiger partial charge is 0.490 e. The zero-order chi connectivity index (χ0) is 18.8. The number of terminal acetylenes is 1. The first kappa shape index (κ1) is 19.8. The van der Waals surface area contributed by atoms with Crippen molar-refractivity contribution in [2.24, 2.45) is 0 Å². The van der Waals surface area contributed by atoms with Crippen LogP contribution in [0.15, 0.2) is 42.5 Å². The lowest BCUT2D eigenvalue weighted by Crippen LogP contribution is -2.21. The van der Waals surface area contributed by atoms with E-state index in [4.69, 9.17) is 28.1 Å². The second-order valence-electron chi connectivity index (χ2n) is 5.97. The lowest BCUT2D eigenvalue weighted by atomic mass is 10.1. The second kappa shape index (κ2) is 10.5. The Morgan fingerprint density at radius 1 is 1.08 bits per heavy atom. The summed E-state index contributed by atoms with van der Waals surface area (Å²) in [6.45, 7) is 5.59. The van der Waals surface area contributed by atoms with E-state index in [1.165, 1.54) is 11.1 Å². The molecule has 0 aliphatic carbocycles. The molecule has 0 fully saturated rings. The molecule has 0 amide bonds. The summed E-state index contributed by atoms with van der Waals surface area (Å²) in [5.41, 5.74) is 3.64. The lowest BCUT2D eigenvalue weighted by molar-refractivity contribution is 0.299. The molecule has 4 heteroatoms. The Balaban J connectivity index is 1.87. The Morgan fingerprint density at radius 2 is 1.81 bits per heavy atom. The summed E-state index contributed by atoms with van der Waals surface area (Å²) >= 11 is 5.46. The number of aryl methyl sites for hydroxylation is 2. The van der Waals surface area contributed by atoms with Crippen molar-refractivity contribution in [1.82, 2.24) is 5.32 Å². The molecule has 0 heterocycles. The molecule has 0 saturated heterocycles. The van der Waals surface area contributed by atoms with Gasteiger partial charge in [-0.15, -0.1) is 6.42 Å². The van der Waals surface area contributed by atoms with E-state index >= 15 is 0 Å². The van der Waals surface area contributed by atoms with Gasteiger partial charge in [0.25, 0.3) is 0 Å². The normalized spacial score (nSPS) is 10.0. The summed E-state index contributed by atoms with van der Waals surface area (Å²) in [6.07, 6.45) is 6.88. The average Bonchev–Trinajstić information content (AvgIpc) is 2.65. The minimum Gasteiger partial charge on any atom is -0.490 e. The smallest absolute Gasteiger partial charge is 0.162 e. The number of thiocarbonyl (C=S) groups is 1. The van der Waals surface area contributed by atoms with Crippen molar-refractivity contribution >= 4 is 17.2 Å². The summed E-state index contributed by atoms with van der Waals surface area (Å²) in [7, 11) is 0. The molecule has 0 aliphatic rings. The molecule has 0 aromatic heterocycles. The van der Waals surface area contributed by atoms with Crippen LogP contribution in [0.1, 0.15) is 30.0 Å². The van der Waals surface area contributed by atoms with Gasteiger partial charge in [-0.3, -0.25) is 0 Å². The Morgan fingerprint density at radius 3 is 2.50 bits per heavy atom. The minimum atomic E-state index is 0.229. The second-order valence-corrected chi connectivity index (χ2v) is 6.46. The van der Waals surface area contributed by atoms with Gasteiger partial charge in [0.2, 0.25) is 0 Å². The van der Waals surface area contributed by atoms with Crippen molar-refractivity contribution in [3.05, 3.63) is 59.2 Å². The predicted molar refractivity (Wildman–Crippen MR) is 111 cm³/mol. The van der Waals surface area contributed by atoms with Crippen molar-refractivity contribution < 1.29 is 9.47 Å².